The molecule has 158 valence electrons. The third kappa shape index (κ3) is 4.53. The number of ether oxygens (including phenoxy) is 1. The highest BCUT2D eigenvalue weighted by Gasteiger charge is 2.29. The van der Waals surface area contributed by atoms with E-state index < -0.39 is 18.0 Å². The van der Waals surface area contributed by atoms with Crippen molar-refractivity contribution in [3.8, 4) is 16.9 Å². The molecule has 1 aliphatic carbocycles. The van der Waals surface area contributed by atoms with Crippen LogP contribution in [0.15, 0.2) is 72.8 Å². The molecule has 1 atom stereocenters. The predicted octanol–water partition coefficient (Wildman–Crippen LogP) is 4.17. The molecule has 6 nitrogen and oxygen atoms in total. The Morgan fingerprint density at radius 2 is 1.58 bits per heavy atom. The van der Waals surface area contributed by atoms with E-state index in [-0.39, 0.29) is 31.2 Å². The summed E-state index contributed by atoms with van der Waals surface area (Å²) in [5, 5.41) is 21.6. The molecule has 31 heavy (non-hydrogen) atoms. The standard InChI is InChI=1S/C25H23NO5/c27-18-7-5-6-16(13-18)12-17(24(28)29)14-26-25(30)31-15-23-21-10-3-1-8-19(21)20-9-2-4-11-22(20)23/h1-11,13,17,23,27H,12,14-15H2,(H,26,30)(H,28,29)/t17-/m0/s1. The number of carbonyl (C=O) groups excluding carboxylic acids is 1. The van der Waals surface area contributed by atoms with Gasteiger partial charge in [0.15, 0.2) is 0 Å². The first-order valence-electron chi connectivity index (χ1n) is 10.1. The van der Waals surface area contributed by atoms with Gasteiger partial charge in [-0.1, -0.05) is 60.7 Å². The fourth-order valence-corrected chi connectivity index (χ4v) is 4.07. The minimum atomic E-state index is -1.03. The SMILES string of the molecule is O=C(NC[C@H](Cc1cccc(O)c1)C(=O)O)OCC1c2ccccc2-c2ccccc21. The van der Waals surface area contributed by atoms with Crippen LogP contribution in [-0.2, 0) is 16.0 Å². The average molecular weight is 417 g/mol. The number of phenols is 1. The first-order chi connectivity index (χ1) is 15.0. The van der Waals surface area contributed by atoms with Crippen molar-refractivity contribution in [3.05, 3.63) is 89.5 Å². The zero-order valence-electron chi connectivity index (χ0n) is 16.8. The Balaban J connectivity index is 1.36. The number of alkyl carbamates (subject to hydrolysis) is 1. The Morgan fingerprint density at radius 1 is 0.935 bits per heavy atom. The lowest BCUT2D eigenvalue weighted by Crippen LogP contribution is -2.35. The number of carboxylic acids is 1. The predicted molar refractivity (Wildman–Crippen MR) is 116 cm³/mol. The van der Waals surface area contributed by atoms with Gasteiger partial charge in [-0.15, -0.1) is 0 Å². The van der Waals surface area contributed by atoms with Crippen LogP contribution in [0, 0.1) is 5.92 Å². The number of hydrogen-bond acceptors (Lipinski definition) is 4. The largest absolute Gasteiger partial charge is 0.508 e. The van der Waals surface area contributed by atoms with Gasteiger partial charge in [0.25, 0.3) is 0 Å². The quantitative estimate of drug-likeness (QED) is 0.536. The molecule has 0 radical (unpaired) electrons. The van der Waals surface area contributed by atoms with E-state index in [1.165, 1.54) is 12.1 Å². The van der Waals surface area contributed by atoms with Crippen molar-refractivity contribution in [3.63, 3.8) is 0 Å². The van der Waals surface area contributed by atoms with E-state index in [2.05, 4.69) is 17.4 Å². The lowest BCUT2D eigenvalue weighted by Gasteiger charge is -2.16. The van der Waals surface area contributed by atoms with Gasteiger partial charge < -0.3 is 20.3 Å². The summed E-state index contributed by atoms with van der Waals surface area (Å²) in [6, 6.07) is 22.6. The summed E-state index contributed by atoms with van der Waals surface area (Å²) in [5.74, 6) is -1.84. The molecule has 4 rings (SSSR count). The molecule has 3 aromatic carbocycles. The number of aromatic hydroxyl groups is 1. The van der Waals surface area contributed by atoms with Crippen LogP contribution in [0.1, 0.15) is 22.6 Å². The van der Waals surface area contributed by atoms with Crippen LogP contribution < -0.4 is 5.32 Å². The van der Waals surface area contributed by atoms with Gasteiger partial charge in [0.05, 0.1) is 5.92 Å². The summed E-state index contributed by atoms with van der Waals surface area (Å²) in [4.78, 5) is 23.9. The Morgan fingerprint density at radius 3 is 2.19 bits per heavy atom. The van der Waals surface area contributed by atoms with E-state index >= 15 is 0 Å². The van der Waals surface area contributed by atoms with Gasteiger partial charge in [-0.25, -0.2) is 4.79 Å². The van der Waals surface area contributed by atoms with Gasteiger partial charge in [0.1, 0.15) is 12.4 Å². The first kappa shape index (κ1) is 20.5. The van der Waals surface area contributed by atoms with Crippen LogP contribution in [0.3, 0.4) is 0 Å². The Kier molecular flexibility index (Phi) is 5.89. The molecule has 3 aromatic rings. The van der Waals surface area contributed by atoms with E-state index in [1.807, 2.05) is 36.4 Å². The third-order valence-electron chi connectivity index (χ3n) is 5.58. The second-order valence-corrected chi connectivity index (χ2v) is 7.62. The van der Waals surface area contributed by atoms with Crippen molar-refractivity contribution < 1.29 is 24.5 Å². The normalized spacial score (nSPS) is 13.2. The molecule has 0 saturated heterocycles. The van der Waals surface area contributed by atoms with Gasteiger partial charge in [-0.3, -0.25) is 4.79 Å². The zero-order valence-corrected chi connectivity index (χ0v) is 16.8. The number of rotatable bonds is 7. The van der Waals surface area contributed by atoms with Gasteiger partial charge >= 0.3 is 12.1 Å². The number of nitrogens with one attached hydrogen (secondary N) is 1. The lowest BCUT2D eigenvalue weighted by atomic mass is 9.98. The molecule has 6 heteroatoms. The highest BCUT2D eigenvalue weighted by molar-refractivity contribution is 5.79. The Bertz CT molecular complexity index is 1060. The van der Waals surface area contributed by atoms with E-state index in [9.17, 15) is 19.8 Å². The highest BCUT2D eigenvalue weighted by Crippen LogP contribution is 2.44. The van der Waals surface area contributed by atoms with Crippen molar-refractivity contribution in [2.75, 3.05) is 13.2 Å². The summed E-state index contributed by atoms with van der Waals surface area (Å²) >= 11 is 0. The number of amides is 1. The maximum Gasteiger partial charge on any atom is 0.407 e. The molecule has 0 bridgehead atoms. The van der Waals surface area contributed by atoms with E-state index in [0.717, 1.165) is 22.3 Å². The maximum absolute atomic E-state index is 12.3. The minimum absolute atomic E-state index is 0.0549. The minimum Gasteiger partial charge on any atom is -0.508 e. The molecule has 0 heterocycles. The summed E-state index contributed by atoms with van der Waals surface area (Å²) in [6.45, 7) is 0.103. The molecule has 3 N–H and O–H groups in total. The van der Waals surface area contributed by atoms with Crippen molar-refractivity contribution in [1.82, 2.24) is 5.32 Å². The molecule has 1 amide bonds. The summed E-state index contributed by atoms with van der Waals surface area (Å²) in [5.41, 5.74) is 5.20. The molecular formula is C25H23NO5. The van der Waals surface area contributed by atoms with Crippen molar-refractivity contribution in [2.24, 2.45) is 5.92 Å². The number of carboxylic acid groups (broad SMARTS) is 1. The van der Waals surface area contributed by atoms with Crippen molar-refractivity contribution in [1.29, 1.82) is 0 Å². The van der Waals surface area contributed by atoms with Gasteiger partial charge in [0.2, 0.25) is 0 Å². The molecule has 0 unspecified atom stereocenters. The number of aliphatic carboxylic acids is 1. The van der Waals surface area contributed by atoms with E-state index in [1.54, 1.807) is 12.1 Å². The number of fused-ring (bicyclic) bond motifs is 3. The number of phenolic OH excluding ortho intramolecular Hbond substituents is 1. The number of benzene rings is 3. The lowest BCUT2D eigenvalue weighted by molar-refractivity contribution is -0.141. The average Bonchev–Trinajstić information content (AvgIpc) is 3.09. The van der Waals surface area contributed by atoms with Crippen LogP contribution >= 0.6 is 0 Å². The third-order valence-corrected chi connectivity index (χ3v) is 5.58. The van der Waals surface area contributed by atoms with Gasteiger partial charge in [0, 0.05) is 12.5 Å². The van der Waals surface area contributed by atoms with Crippen LogP contribution in [0.2, 0.25) is 0 Å². The summed E-state index contributed by atoms with van der Waals surface area (Å²) < 4.78 is 5.46. The fraction of sp³-hybridized carbons (Fsp3) is 0.200. The maximum atomic E-state index is 12.3. The number of carbonyl (C=O) groups is 2. The van der Waals surface area contributed by atoms with Gasteiger partial charge in [-0.05, 0) is 46.4 Å². The zero-order chi connectivity index (χ0) is 21.8. The van der Waals surface area contributed by atoms with Crippen molar-refractivity contribution in [2.45, 2.75) is 12.3 Å². The second-order valence-electron chi connectivity index (χ2n) is 7.62. The van der Waals surface area contributed by atoms with Crippen molar-refractivity contribution >= 4 is 12.1 Å². The Hall–Kier alpha value is -3.80. The topological polar surface area (TPSA) is 95.9 Å². The number of hydrogen-bond donors (Lipinski definition) is 3. The second kappa shape index (κ2) is 8.92. The van der Waals surface area contributed by atoms with Gasteiger partial charge in [-0.2, -0.15) is 0 Å². The smallest absolute Gasteiger partial charge is 0.407 e. The highest BCUT2D eigenvalue weighted by atomic mass is 16.5. The molecular weight excluding hydrogens is 394 g/mol. The molecule has 0 saturated carbocycles. The fourth-order valence-electron chi connectivity index (χ4n) is 4.07. The van der Waals surface area contributed by atoms with E-state index in [0.29, 0.717) is 5.56 Å². The van der Waals surface area contributed by atoms with Crippen LogP contribution in [-0.4, -0.2) is 35.4 Å². The molecule has 0 fully saturated rings. The summed E-state index contributed by atoms with van der Waals surface area (Å²) in [6.07, 6.45) is -0.461. The monoisotopic (exact) mass is 417 g/mol. The molecule has 0 spiro atoms. The van der Waals surface area contributed by atoms with E-state index in [4.69, 9.17) is 4.74 Å². The first-order valence-corrected chi connectivity index (χ1v) is 10.1. The summed E-state index contributed by atoms with van der Waals surface area (Å²) in [7, 11) is 0. The molecule has 0 aromatic heterocycles. The molecule has 0 aliphatic heterocycles. The van der Waals surface area contributed by atoms with Crippen LogP contribution in [0.5, 0.6) is 5.75 Å². The van der Waals surface area contributed by atoms with Crippen LogP contribution in [0.4, 0.5) is 4.79 Å². The van der Waals surface area contributed by atoms with Crippen LogP contribution in [0.25, 0.3) is 11.1 Å². The molecule has 1 aliphatic rings. The Labute approximate surface area is 180 Å².